The Morgan fingerprint density at radius 2 is 1.19 bits per heavy atom. The summed E-state index contributed by atoms with van der Waals surface area (Å²) >= 11 is 1.76. The van der Waals surface area contributed by atoms with Crippen molar-refractivity contribution in [3.05, 3.63) is 174 Å². The van der Waals surface area contributed by atoms with E-state index in [1.807, 2.05) is 0 Å². The Hall–Kier alpha value is -5.05. The standard InChI is InChI=1S/C40H25NS/c1-2-11-29(12-3-1)40(30-22-20-27-19-18-26-10-4-5-13-31(26)34(27)25-30)35-15-7-6-14-32(35)33-23-21-28(24-36(33)40)39-41-37-16-8-9-17-38(37)42-39/h1-25H. The molecule has 8 aromatic rings. The lowest BCUT2D eigenvalue weighted by atomic mass is 9.67. The van der Waals surface area contributed by atoms with Crippen molar-refractivity contribution in [2.75, 3.05) is 0 Å². The molecule has 0 saturated heterocycles. The first-order valence-electron chi connectivity index (χ1n) is 14.4. The van der Waals surface area contributed by atoms with Crippen LogP contribution in [-0.4, -0.2) is 4.98 Å². The summed E-state index contributed by atoms with van der Waals surface area (Å²) < 4.78 is 1.21. The molecule has 0 saturated carbocycles. The van der Waals surface area contributed by atoms with Gasteiger partial charge < -0.3 is 0 Å². The Morgan fingerprint density at radius 1 is 0.476 bits per heavy atom. The molecule has 0 bridgehead atoms. The van der Waals surface area contributed by atoms with Crippen molar-refractivity contribution in [2.45, 2.75) is 5.41 Å². The maximum Gasteiger partial charge on any atom is 0.124 e. The molecular weight excluding hydrogens is 527 g/mol. The fourth-order valence-corrected chi connectivity index (χ4v) is 8.08. The maximum absolute atomic E-state index is 5.04. The molecule has 196 valence electrons. The van der Waals surface area contributed by atoms with E-state index in [0.717, 1.165) is 16.1 Å². The van der Waals surface area contributed by atoms with Crippen LogP contribution in [0.2, 0.25) is 0 Å². The van der Waals surface area contributed by atoms with Gasteiger partial charge in [-0.2, -0.15) is 0 Å². The Balaban J connectivity index is 1.39. The number of aromatic nitrogens is 1. The second-order valence-electron chi connectivity index (χ2n) is 11.1. The van der Waals surface area contributed by atoms with Gasteiger partial charge in [0.25, 0.3) is 0 Å². The summed E-state index contributed by atoms with van der Waals surface area (Å²) in [4.78, 5) is 5.04. The van der Waals surface area contributed by atoms with E-state index in [4.69, 9.17) is 4.98 Å². The van der Waals surface area contributed by atoms with Crippen molar-refractivity contribution in [1.82, 2.24) is 4.98 Å². The van der Waals surface area contributed by atoms with Gasteiger partial charge in [-0.25, -0.2) is 4.98 Å². The van der Waals surface area contributed by atoms with E-state index in [-0.39, 0.29) is 0 Å². The monoisotopic (exact) mass is 551 g/mol. The molecule has 1 nitrogen and oxygen atoms in total. The summed E-state index contributed by atoms with van der Waals surface area (Å²) in [5.41, 5.74) is 9.53. The Bertz CT molecular complexity index is 2280. The number of hydrogen-bond donors (Lipinski definition) is 0. The zero-order valence-electron chi connectivity index (χ0n) is 22.8. The van der Waals surface area contributed by atoms with E-state index in [0.29, 0.717) is 0 Å². The molecule has 0 amide bonds. The van der Waals surface area contributed by atoms with E-state index in [2.05, 4.69) is 152 Å². The smallest absolute Gasteiger partial charge is 0.124 e. The van der Waals surface area contributed by atoms with E-state index >= 15 is 0 Å². The zero-order valence-corrected chi connectivity index (χ0v) is 23.6. The third kappa shape index (κ3) is 3.27. The number of fused-ring (bicyclic) bond motifs is 7. The van der Waals surface area contributed by atoms with Gasteiger partial charge in [-0.15, -0.1) is 11.3 Å². The highest BCUT2D eigenvalue weighted by atomic mass is 32.1. The van der Waals surface area contributed by atoms with Gasteiger partial charge in [0.2, 0.25) is 0 Å². The molecule has 1 aromatic heterocycles. The highest BCUT2D eigenvalue weighted by Crippen LogP contribution is 2.57. The molecule has 2 heteroatoms. The SMILES string of the molecule is c1ccc(C2(c3ccc4ccc5ccccc5c4c3)c3ccccc3-c3ccc(-c4nc5ccccc5s4)cc32)cc1. The largest absolute Gasteiger partial charge is 0.236 e. The van der Waals surface area contributed by atoms with Gasteiger partial charge in [0.05, 0.1) is 15.6 Å². The molecular formula is C40H25NS. The molecule has 1 atom stereocenters. The van der Waals surface area contributed by atoms with Crippen LogP contribution in [0.4, 0.5) is 0 Å². The molecule has 0 aliphatic heterocycles. The number of hydrogen-bond acceptors (Lipinski definition) is 2. The van der Waals surface area contributed by atoms with Crippen molar-refractivity contribution >= 4 is 43.1 Å². The van der Waals surface area contributed by atoms with Gasteiger partial charge in [0.1, 0.15) is 5.01 Å². The lowest BCUT2D eigenvalue weighted by molar-refractivity contribution is 0.770. The topological polar surface area (TPSA) is 12.9 Å². The molecule has 42 heavy (non-hydrogen) atoms. The second-order valence-corrected chi connectivity index (χ2v) is 12.2. The van der Waals surface area contributed by atoms with Crippen molar-refractivity contribution < 1.29 is 0 Å². The minimum absolute atomic E-state index is 0.467. The molecule has 0 spiro atoms. The van der Waals surface area contributed by atoms with Crippen LogP contribution in [0, 0.1) is 0 Å². The molecule has 0 fully saturated rings. The van der Waals surface area contributed by atoms with E-state index in [9.17, 15) is 0 Å². The first kappa shape index (κ1) is 23.6. The number of benzene rings is 7. The first-order valence-corrected chi connectivity index (χ1v) is 15.2. The van der Waals surface area contributed by atoms with Gasteiger partial charge in [-0.3, -0.25) is 0 Å². The lowest BCUT2D eigenvalue weighted by Crippen LogP contribution is -2.28. The van der Waals surface area contributed by atoms with Gasteiger partial charge >= 0.3 is 0 Å². The van der Waals surface area contributed by atoms with Gasteiger partial charge in [0.15, 0.2) is 0 Å². The van der Waals surface area contributed by atoms with Gasteiger partial charge in [-0.1, -0.05) is 127 Å². The number of para-hydroxylation sites is 1. The van der Waals surface area contributed by atoms with E-state index in [1.165, 1.54) is 59.6 Å². The molecule has 1 aliphatic carbocycles. The summed E-state index contributed by atoms with van der Waals surface area (Å²) in [6, 6.07) is 55.7. The third-order valence-corrected chi connectivity index (χ3v) is 10.1. The minimum Gasteiger partial charge on any atom is -0.236 e. The van der Waals surface area contributed by atoms with Gasteiger partial charge in [0, 0.05) is 5.56 Å². The molecule has 1 unspecified atom stereocenters. The van der Waals surface area contributed by atoms with Gasteiger partial charge in [-0.05, 0) is 79.2 Å². The third-order valence-electron chi connectivity index (χ3n) is 8.97. The van der Waals surface area contributed by atoms with Crippen LogP contribution in [-0.2, 0) is 5.41 Å². The van der Waals surface area contributed by atoms with Crippen molar-refractivity contribution in [3.8, 4) is 21.7 Å². The highest BCUT2D eigenvalue weighted by Gasteiger charge is 2.46. The predicted molar refractivity (Wildman–Crippen MR) is 177 cm³/mol. The lowest BCUT2D eigenvalue weighted by Gasteiger charge is -2.34. The molecule has 1 aliphatic rings. The van der Waals surface area contributed by atoms with Crippen LogP contribution >= 0.6 is 11.3 Å². The molecule has 0 radical (unpaired) electrons. The Morgan fingerprint density at radius 3 is 2.10 bits per heavy atom. The summed E-state index contributed by atoms with van der Waals surface area (Å²) in [6.07, 6.45) is 0. The summed E-state index contributed by atoms with van der Waals surface area (Å²) in [7, 11) is 0. The number of rotatable bonds is 3. The number of thiazole rings is 1. The molecule has 1 heterocycles. The van der Waals surface area contributed by atoms with E-state index < -0.39 is 5.41 Å². The van der Waals surface area contributed by atoms with Crippen LogP contribution in [0.3, 0.4) is 0 Å². The summed E-state index contributed by atoms with van der Waals surface area (Å²) in [5, 5.41) is 6.15. The van der Waals surface area contributed by atoms with Crippen LogP contribution in [0.25, 0.3) is 53.5 Å². The molecule has 0 N–H and O–H groups in total. The zero-order chi connectivity index (χ0) is 27.7. The average molecular weight is 552 g/mol. The molecule has 7 aromatic carbocycles. The predicted octanol–water partition coefficient (Wildman–Crippen LogP) is 10.6. The molecule has 9 rings (SSSR count). The number of nitrogens with zero attached hydrogens (tertiary/aromatic N) is 1. The van der Waals surface area contributed by atoms with Crippen molar-refractivity contribution in [1.29, 1.82) is 0 Å². The average Bonchev–Trinajstić information content (AvgIpc) is 3.63. The fourth-order valence-electron chi connectivity index (χ4n) is 7.12. The maximum atomic E-state index is 5.04. The first-order chi connectivity index (χ1) is 20.8. The quantitative estimate of drug-likeness (QED) is 0.199. The summed E-state index contributed by atoms with van der Waals surface area (Å²) in [6.45, 7) is 0. The van der Waals surface area contributed by atoms with Crippen LogP contribution in [0.1, 0.15) is 22.3 Å². The minimum atomic E-state index is -0.467. The Kier molecular flexibility index (Phi) is 5.05. The second kappa shape index (κ2) is 8.97. The van der Waals surface area contributed by atoms with Crippen LogP contribution in [0.15, 0.2) is 152 Å². The Labute approximate surface area is 248 Å². The van der Waals surface area contributed by atoms with Crippen LogP contribution < -0.4 is 0 Å². The van der Waals surface area contributed by atoms with Crippen molar-refractivity contribution in [2.24, 2.45) is 0 Å². The normalized spacial score (nSPS) is 15.7. The summed E-state index contributed by atoms with van der Waals surface area (Å²) in [5.74, 6) is 0. The highest BCUT2D eigenvalue weighted by molar-refractivity contribution is 7.21. The fraction of sp³-hybridized carbons (Fsp3) is 0.0250. The van der Waals surface area contributed by atoms with E-state index in [1.54, 1.807) is 11.3 Å². The van der Waals surface area contributed by atoms with Crippen LogP contribution in [0.5, 0.6) is 0 Å². The van der Waals surface area contributed by atoms with Crippen molar-refractivity contribution in [3.63, 3.8) is 0 Å².